The van der Waals surface area contributed by atoms with Crippen molar-refractivity contribution in [3.8, 4) is 0 Å². The van der Waals surface area contributed by atoms with Gasteiger partial charge >= 0.3 is 5.97 Å². The van der Waals surface area contributed by atoms with E-state index in [-0.39, 0.29) is 17.8 Å². The Morgan fingerprint density at radius 2 is 1.88 bits per heavy atom. The van der Waals surface area contributed by atoms with Gasteiger partial charge < -0.3 is 24.8 Å². The number of fused-ring (bicyclic) bond motifs is 3. The van der Waals surface area contributed by atoms with Gasteiger partial charge in [0, 0.05) is 53.6 Å². The second kappa shape index (κ2) is 13.2. The molecular weight excluding hydrogens is 570 g/mol. The molecule has 2 bridgehead atoms. The zero-order valence-corrected chi connectivity index (χ0v) is 26.4. The van der Waals surface area contributed by atoms with Gasteiger partial charge in [-0.3, -0.25) is 9.78 Å². The predicted molar refractivity (Wildman–Crippen MR) is 164 cm³/mol. The Bertz CT molecular complexity index is 1280. The van der Waals surface area contributed by atoms with Crippen LogP contribution in [0.4, 0.5) is 5.69 Å². The Morgan fingerprint density at radius 1 is 1.05 bits per heavy atom. The van der Waals surface area contributed by atoms with Crippen LogP contribution < -0.4 is 10.6 Å². The number of nitrogens with zero attached hydrogens (tertiary/aromatic N) is 1. The monoisotopic (exact) mass is 615 g/mol. The number of hydrogen-bond donors (Lipinski definition) is 2. The summed E-state index contributed by atoms with van der Waals surface area (Å²) in [5.74, 6) is -0.163. The molecule has 1 saturated carbocycles. The van der Waals surface area contributed by atoms with E-state index in [9.17, 15) is 4.79 Å². The summed E-state index contributed by atoms with van der Waals surface area (Å²) in [4.78, 5) is 29.2. The van der Waals surface area contributed by atoms with Crippen molar-refractivity contribution in [3.05, 3.63) is 35.5 Å². The highest BCUT2D eigenvalue weighted by molar-refractivity contribution is 6.31. The Kier molecular flexibility index (Phi) is 9.48. The average Bonchev–Trinajstić information content (AvgIpc) is 3.22. The third-order valence-electron chi connectivity index (χ3n) is 10.2. The van der Waals surface area contributed by atoms with Crippen molar-refractivity contribution in [2.45, 2.75) is 103 Å². The van der Waals surface area contributed by atoms with Crippen LogP contribution >= 0.6 is 11.6 Å². The number of halogens is 1. The number of hydrogen-bond acceptors (Lipinski definition) is 9. The molecule has 0 amide bonds. The fourth-order valence-electron chi connectivity index (χ4n) is 7.74. The summed E-state index contributed by atoms with van der Waals surface area (Å²) in [5, 5.41) is 8.70. The lowest BCUT2D eigenvalue weighted by atomic mass is 9.58. The number of benzene rings is 1. The van der Waals surface area contributed by atoms with Gasteiger partial charge in [0.05, 0.1) is 11.9 Å². The highest BCUT2D eigenvalue weighted by Gasteiger charge is 2.69. The number of pyridine rings is 1. The Hall–Kier alpha value is -2.01. The van der Waals surface area contributed by atoms with Crippen LogP contribution in [0.5, 0.6) is 0 Å². The van der Waals surface area contributed by atoms with Crippen LogP contribution in [0, 0.1) is 23.7 Å². The molecule has 1 aromatic heterocycles. The van der Waals surface area contributed by atoms with Gasteiger partial charge in [0.2, 0.25) is 12.1 Å². The molecule has 2 aromatic rings. The summed E-state index contributed by atoms with van der Waals surface area (Å²) in [6.45, 7) is 8.68. The molecule has 1 aromatic carbocycles. The van der Waals surface area contributed by atoms with Gasteiger partial charge in [-0.1, -0.05) is 38.3 Å². The van der Waals surface area contributed by atoms with Gasteiger partial charge in [0.15, 0.2) is 11.9 Å². The van der Waals surface area contributed by atoms with Crippen LogP contribution in [0.15, 0.2) is 30.5 Å². The zero-order valence-electron chi connectivity index (χ0n) is 25.6. The third-order valence-corrected chi connectivity index (χ3v) is 10.4. The SMILES string of the molecule is C[C@H]1[C@@H](OC(=O)CCNCCCCCCNc2ccnc3cc(Cl)ccc23)OC2O[C@]3(C)CC[C@H]4[C@H](C)CC[C@@H]1C24OO3. The lowest BCUT2D eigenvalue weighted by Crippen LogP contribution is -2.70. The molecule has 236 valence electrons. The number of esters is 1. The van der Waals surface area contributed by atoms with Crippen molar-refractivity contribution in [1.82, 2.24) is 10.3 Å². The average molecular weight is 616 g/mol. The van der Waals surface area contributed by atoms with Crippen LogP contribution in [0.25, 0.3) is 10.9 Å². The quantitative estimate of drug-likeness (QED) is 0.156. The molecule has 7 rings (SSSR count). The Labute approximate surface area is 259 Å². The molecule has 9 nitrogen and oxygen atoms in total. The van der Waals surface area contributed by atoms with Gasteiger partial charge in [-0.2, -0.15) is 0 Å². The maximum absolute atomic E-state index is 12.8. The molecule has 1 spiro atoms. The van der Waals surface area contributed by atoms with Gasteiger partial charge in [-0.05, 0) is 81.7 Å². The van der Waals surface area contributed by atoms with Crippen LogP contribution in [-0.2, 0) is 28.8 Å². The molecule has 2 N–H and O–H groups in total. The molecular formula is C33H46ClN3O6. The molecule has 5 fully saturated rings. The van der Waals surface area contributed by atoms with Gasteiger partial charge in [0.1, 0.15) is 0 Å². The predicted octanol–water partition coefficient (Wildman–Crippen LogP) is 6.59. The fraction of sp³-hybridized carbons (Fsp3) is 0.697. The van der Waals surface area contributed by atoms with Crippen molar-refractivity contribution in [2.75, 3.05) is 25.0 Å². The van der Waals surface area contributed by atoms with Crippen molar-refractivity contribution in [3.63, 3.8) is 0 Å². The molecule has 2 unspecified atom stereocenters. The number of nitrogens with one attached hydrogen (secondary N) is 2. The summed E-state index contributed by atoms with van der Waals surface area (Å²) in [6.07, 6.45) is 9.13. The minimum atomic E-state index is -0.836. The van der Waals surface area contributed by atoms with Crippen molar-refractivity contribution in [1.29, 1.82) is 0 Å². The molecule has 4 saturated heterocycles. The Morgan fingerprint density at radius 3 is 2.74 bits per heavy atom. The first-order valence-electron chi connectivity index (χ1n) is 16.2. The molecule has 43 heavy (non-hydrogen) atoms. The largest absolute Gasteiger partial charge is 0.435 e. The molecule has 4 aliphatic heterocycles. The van der Waals surface area contributed by atoms with Crippen LogP contribution in [-0.4, -0.2) is 54.6 Å². The van der Waals surface area contributed by atoms with Gasteiger partial charge in [-0.25, -0.2) is 9.78 Å². The van der Waals surface area contributed by atoms with Gasteiger partial charge in [0.25, 0.3) is 0 Å². The van der Waals surface area contributed by atoms with Gasteiger partial charge in [-0.15, -0.1) is 0 Å². The number of anilines is 1. The van der Waals surface area contributed by atoms with Crippen molar-refractivity contribution >= 4 is 34.2 Å². The van der Waals surface area contributed by atoms with E-state index in [4.69, 9.17) is 35.6 Å². The summed E-state index contributed by atoms with van der Waals surface area (Å²) >= 11 is 6.09. The highest BCUT2D eigenvalue weighted by Crippen LogP contribution is 2.60. The number of rotatable bonds is 12. The van der Waals surface area contributed by atoms with E-state index in [0.717, 1.165) is 81.0 Å². The fourth-order valence-corrected chi connectivity index (χ4v) is 7.90. The molecule has 5 aliphatic rings. The van der Waals surface area contributed by atoms with Crippen LogP contribution in [0.2, 0.25) is 5.02 Å². The summed E-state index contributed by atoms with van der Waals surface area (Å²) in [6, 6.07) is 7.80. The first kappa shape index (κ1) is 31.0. The molecule has 1 aliphatic carbocycles. The Balaban J connectivity index is 0.879. The number of carbonyl (C=O) groups is 1. The maximum Gasteiger partial charge on any atom is 0.309 e. The molecule has 5 heterocycles. The normalized spacial score (nSPS) is 34.9. The summed E-state index contributed by atoms with van der Waals surface area (Å²) < 4.78 is 18.6. The minimum absolute atomic E-state index is 0.0110. The first-order chi connectivity index (χ1) is 20.8. The lowest BCUT2D eigenvalue weighted by molar-refractivity contribution is -0.576. The van der Waals surface area contributed by atoms with Crippen molar-refractivity contribution < 1.29 is 28.8 Å². The number of carbonyl (C=O) groups excluding carboxylic acids is 1. The zero-order chi connectivity index (χ0) is 30.0. The maximum atomic E-state index is 12.8. The topological polar surface area (TPSA) is 100 Å². The second-order valence-electron chi connectivity index (χ2n) is 13.1. The molecule has 10 heteroatoms. The molecule has 0 radical (unpaired) electrons. The van der Waals surface area contributed by atoms with E-state index in [1.54, 1.807) is 0 Å². The number of ether oxygens (including phenoxy) is 3. The van der Waals surface area contributed by atoms with E-state index in [1.807, 2.05) is 37.4 Å². The van der Waals surface area contributed by atoms with E-state index in [1.165, 1.54) is 0 Å². The van der Waals surface area contributed by atoms with E-state index in [2.05, 4.69) is 29.5 Å². The van der Waals surface area contributed by atoms with Crippen LogP contribution in [0.3, 0.4) is 0 Å². The third kappa shape index (κ3) is 6.40. The van der Waals surface area contributed by atoms with E-state index in [0.29, 0.717) is 29.8 Å². The van der Waals surface area contributed by atoms with Crippen LogP contribution in [0.1, 0.15) is 78.6 Å². The van der Waals surface area contributed by atoms with E-state index < -0.39 is 24.0 Å². The first-order valence-corrected chi connectivity index (χ1v) is 16.6. The number of unbranched alkanes of at least 4 members (excludes halogenated alkanes) is 3. The lowest BCUT2D eigenvalue weighted by Gasteiger charge is -2.59. The molecule has 8 atom stereocenters. The van der Waals surface area contributed by atoms with Crippen molar-refractivity contribution in [2.24, 2.45) is 23.7 Å². The highest BCUT2D eigenvalue weighted by atomic mass is 35.5. The number of aromatic nitrogens is 1. The summed E-state index contributed by atoms with van der Waals surface area (Å²) in [7, 11) is 0. The second-order valence-corrected chi connectivity index (χ2v) is 13.6. The standard InChI is InChI=1S/C33H46ClN3O6/c1-21-8-11-26-22(2)30(40-31-33(26)25(21)12-15-32(3,41-31)42-43-33)39-29(38)14-18-35-16-6-4-5-7-17-36-27-13-19-37-28-20-23(34)9-10-24(27)28/h9-10,13,19-22,25-26,30-31,35H,4-8,11-12,14-18H2,1-3H3,(H,36,37)/t21-,22-,25+,26+,30+,31?,32+,33?/m1/s1. The van der Waals surface area contributed by atoms with E-state index >= 15 is 0 Å². The smallest absolute Gasteiger partial charge is 0.309 e. The summed E-state index contributed by atoms with van der Waals surface area (Å²) in [5.41, 5.74) is 1.35. The minimum Gasteiger partial charge on any atom is -0.435 e.